The fraction of sp³-hybridized carbons (Fsp3) is 0.800. The number of hydrogen-bond acceptors (Lipinski definition) is 3. The molecule has 0 radical (unpaired) electrons. The van der Waals surface area contributed by atoms with Crippen molar-refractivity contribution in [2.45, 2.75) is 25.3 Å². The van der Waals surface area contributed by atoms with Gasteiger partial charge in [0.25, 0.3) is 0 Å². The Balaban J connectivity index is 2.26. The molecule has 1 amide bonds. The molecule has 0 spiro atoms. The number of piperidine rings is 3. The van der Waals surface area contributed by atoms with Crippen molar-refractivity contribution in [2.24, 2.45) is 5.92 Å². The zero-order valence-electron chi connectivity index (χ0n) is 8.82. The van der Waals surface area contributed by atoms with E-state index in [9.17, 15) is 14.7 Å². The minimum absolute atomic E-state index is 0.0869. The Morgan fingerprint density at radius 1 is 1.40 bits per heavy atom. The van der Waals surface area contributed by atoms with Crippen molar-refractivity contribution in [2.75, 3.05) is 19.6 Å². The van der Waals surface area contributed by atoms with Gasteiger partial charge < -0.3 is 15.3 Å². The van der Waals surface area contributed by atoms with Gasteiger partial charge in [0.05, 0.1) is 0 Å². The Kier molecular flexibility index (Phi) is 2.42. The van der Waals surface area contributed by atoms with Gasteiger partial charge in [0.15, 0.2) is 5.54 Å². The third-order valence-electron chi connectivity index (χ3n) is 3.54. The summed E-state index contributed by atoms with van der Waals surface area (Å²) in [4.78, 5) is 24.6. The molecule has 0 aromatic heterocycles. The molecule has 1 unspecified atom stereocenters. The third kappa shape index (κ3) is 1.61. The predicted octanol–water partition coefficient (Wildman–Crippen LogP) is -0.328. The van der Waals surface area contributed by atoms with Crippen LogP contribution in [0, 0.1) is 5.92 Å². The molecule has 15 heavy (non-hydrogen) atoms. The van der Waals surface area contributed by atoms with Gasteiger partial charge in [-0.2, -0.15) is 0 Å². The summed E-state index contributed by atoms with van der Waals surface area (Å²) >= 11 is 0. The lowest BCUT2D eigenvalue weighted by Gasteiger charge is -2.50. The quantitative estimate of drug-likeness (QED) is 0.657. The van der Waals surface area contributed by atoms with Gasteiger partial charge in [0.2, 0.25) is 5.91 Å². The molecule has 5 heteroatoms. The minimum atomic E-state index is -1.04. The Morgan fingerprint density at radius 3 is 2.33 bits per heavy atom. The number of aliphatic carboxylic acids is 1. The van der Waals surface area contributed by atoms with Crippen LogP contribution in [-0.4, -0.2) is 47.1 Å². The summed E-state index contributed by atoms with van der Waals surface area (Å²) in [5.74, 6) is -1.07. The van der Waals surface area contributed by atoms with Crippen LogP contribution in [0.5, 0.6) is 0 Å². The van der Waals surface area contributed by atoms with E-state index in [1.807, 2.05) is 0 Å². The molecular formula is C10H16N2O3. The van der Waals surface area contributed by atoms with Gasteiger partial charge in [-0.05, 0) is 31.8 Å². The maximum Gasteiger partial charge on any atom is 0.331 e. The fourth-order valence-electron chi connectivity index (χ4n) is 2.82. The van der Waals surface area contributed by atoms with E-state index in [0.29, 0.717) is 6.54 Å². The van der Waals surface area contributed by atoms with Crippen molar-refractivity contribution in [3.05, 3.63) is 0 Å². The molecule has 3 heterocycles. The summed E-state index contributed by atoms with van der Waals surface area (Å²) in [7, 11) is 0. The average molecular weight is 212 g/mol. The molecule has 0 aromatic carbocycles. The highest BCUT2D eigenvalue weighted by Gasteiger charge is 2.52. The van der Waals surface area contributed by atoms with E-state index in [0.717, 1.165) is 25.9 Å². The van der Waals surface area contributed by atoms with Gasteiger partial charge in [0.1, 0.15) is 0 Å². The smallest absolute Gasteiger partial charge is 0.331 e. The van der Waals surface area contributed by atoms with Crippen LogP contribution >= 0.6 is 0 Å². The fourth-order valence-corrected chi connectivity index (χ4v) is 2.82. The van der Waals surface area contributed by atoms with Crippen LogP contribution in [0.3, 0.4) is 0 Å². The van der Waals surface area contributed by atoms with Gasteiger partial charge >= 0.3 is 5.97 Å². The van der Waals surface area contributed by atoms with Crippen molar-refractivity contribution in [3.8, 4) is 0 Å². The first-order valence-corrected chi connectivity index (χ1v) is 5.29. The summed E-state index contributed by atoms with van der Waals surface area (Å²) in [5, 5.41) is 12.0. The molecule has 3 rings (SSSR count). The zero-order chi connectivity index (χ0) is 11.1. The topological polar surface area (TPSA) is 69.6 Å². The first-order valence-electron chi connectivity index (χ1n) is 5.29. The monoisotopic (exact) mass is 212 g/mol. The largest absolute Gasteiger partial charge is 0.479 e. The number of rotatable bonds is 2. The van der Waals surface area contributed by atoms with Gasteiger partial charge in [-0.15, -0.1) is 0 Å². The first-order chi connectivity index (χ1) is 7.04. The molecule has 3 aliphatic heterocycles. The van der Waals surface area contributed by atoms with E-state index in [-0.39, 0.29) is 11.8 Å². The second-order valence-corrected chi connectivity index (χ2v) is 4.51. The average Bonchev–Trinajstić information content (AvgIpc) is 2.18. The number of carbonyl (C=O) groups is 2. The number of hydrogen-bond donors (Lipinski definition) is 2. The van der Waals surface area contributed by atoms with E-state index in [2.05, 4.69) is 10.2 Å². The highest BCUT2D eigenvalue weighted by molar-refractivity contribution is 5.87. The SMILES string of the molecule is CC(=O)NC1(C(=O)O)CN2CCC1CC2. The maximum atomic E-state index is 11.4. The van der Waals surface area contributed by atoms with Crippen LogP contribution in [0.25, 0.3) is 0 Å². The van der Waals surface area contributed by atoms with Gasteiger partial charge in [-0.25, -0.2) is 4.79 Å². The van der Waals surface area contributed by atoms with Crippen molar-refractivity contribution < 1.29 is 14.7 Å². The summed E-state index contributed by atoms with van der Waals surface area (Å²) in [6.45, 7) is 3.74. The normalized spacial score (nSPS) is 38.7. The Labute approximate surface area is 88.4 Å². The van der Waals surface area contributed by atoms with Crippen LogP contribution in [0.15, 0.2) is 0 Å². The predicted molar refractivity (Wildman–Crippen MR) is 53.3 cm³/mol. The number of amides is 1. The lowest BCUT2D eigenvalue weighted by molar-refractivity contribution is -0.157. The number of nitrogens with zero attached hydrogens (tertiary/aromatic N) is 1. The molecule has 3 fully saturated rings. The number of nitrogens with one attached hydrogen (secondary N) is 1. The second-order valence-electron chi connectivity index (χ2n) is 4.51. The van der Waals surface area contributed by atoms with E-state index in [4.69, 9.17) is 0 Å². The van der Waals surface area contributed by atoms with Crippen LogP contribution < -0.4 is 5.32 Å². The molecule has 2 bridgehead atoms. The van der Waals surface area contributed by atoms with E-state index in [1.54, 1.807) is 0 Å². The van der Waals surface area contributed by atoms with Crippen LogP contribution in [0.2, 0.25) is 0 Å². The molecule has 0 aromatic rings. The lowest BCUT2D eigenvalue weighted by atomic mass is 9.72. The molecular weight excluding hydrogens is 196 g/mol. The molecule has 2 N–H and O–H groups in total. The van der Waals surface area contributed by atoms with Crippen molar-refractivity contribution in [3.63, 3.8) is 0 Å². The number of fused-ring (bicyclic) bond motifs is 3. The Morgan fingerprint density at radius 2 is 2.00 bits per heavy atom. The first kappa shape index (κ1) is 10.4. The number of carbonyl (C=O) groups excluding carboxylic acids is 1. The van der Waals surface area contributed by atoms with Crippen molar-refractivity contribution >= 4 is 11.9 Å². The minimum Gasteiger partial charge on any atom is -0.479 e. The summed E-state index contributed by atoms with van der Waals surface area (Å²) in [6.07, 6.45) is 1.74. The second kappa shape index (κ2) is 3.48. The highest BCUT2D eigenvalue weighted by atomic mass is 16.4. The van der Waals surface area contributed by atoms with E-state index in [1.165, 1.54) is 6.92 Å². The molecule has 84 valence electrons. The van der Waals surface area contributed by atoms with Gasteiger partial charge in [-0.1, -0.05) is 0 Å². The van der Waals surface area contributed by atoms with Crippen molar-refractivity contribution in [1.82, 2.24) is 10.2 Å². The summed E-state index contributed by atoms with van der Waals surface area (Å²) in [5.41, 5.74) is -1.04. The van der Waals surface area contributed by atoms with Gasteiger partial charge in [0, 0.05) is 13.5 Å². The van der Waals surface area contributed by atoms with Crippen LogP contribution in [0.4, 0.5) is 0 Å². The van der Waals surface area contributed by atoms with Crippen molar-refractivity contribution in [1.29, 1.82) is 0 Å². The number of carboxylic acid groups (broad SMARTS) is 1. The lowest BCUT2D eigenvalue weighted by Crippen LogP contribution is -2.70. The zero-order valence-corrected chi connectivity index (χ0v) is 8.82. The van der Waals surface area contributed by atoms with E-state index >= 15 is 0 Å². The summed E-state index contributed by atoms with van der Waals surface area (Å²) < 4.78 is 0. The van der Waals surface area contributed by atoms with Gasteiger partial charge in [-0.3, -0.25) is 4.79 Å². The number of carboxylic acids is 1. The molecule has 0 saturated carbocycles. The summed E-state index contributed by atoms with van der Waals surface area (Å²) in [6, 6.07) is 0. The highest BCUT2D eigenvalue weighted by Crippen LogP contribution is 2.35. The van der Waals surface area contributed by atoms with E-state index < -0.39 is 11.5 Å². The molecule has 3 aliphatic rings. The Bertz CT molecular complexity index is 297. The Hall–Kier alpha value is -1.10. The standard InChI is InChI=1S/C10H16N2O3/c1-7(13)11-10(9(14)15)6-12-4-2-8(10)3-5-12/h8H,2-6H2,1H3,(H,11,13)(H,14,15). The molecule has 1 atom stereocenters. The molecule has 5 nitrogen and oxygen atoms in total. The van der Waals surface area contributed by atoms with Crippen LogP contribution in [-0.2, 0) is 9.59 Å². The molecule has 0 aliphatic carbocycles. The third-order valence-corrected chi connectivity index (χ3v) is 3.54. The molecule has 3 saturated heterocycles. The maximum absolute atomic E-state index is 11.4. The van der Waals surface area contributed by atoms with Crippen LogP contribution in [0.1, 0.15) is 19.8 Å².